The second-order valence-electron chi connectivity index (χ2n) is 15.5. The molecule has 0 aromatic rings. The molecule has 0 radical (unpaired) electrons. The van der Waals surface area contributed by atoms with Crippen LogP contribution in [0.15, 0.2) is 12.2 Å². The molecule has 4 bridgehead atoms. The molecule has 0 aromatic carbocycles. The smallest absolute Gasteiger partial charge is 0.219 e. The third kappa shape index (κ3) is 6.72. The molecule has 8 aliphatic rings. The summed E-state index contributed by atoms with van der Waals surface area (Å²) in [6.07, 6.45) is 5.26. The van der Waals surface area contributed by atoms with Crippen LogP contribution in [0.4, 0.5) is 0 Å². The minimum absolute atomic E-state index is 0.000820. The van der Waals surface area contributed by atoms with E-state index >= 15 is 0 Å². The number of hydrogen-bond donors (Lipinski definition) is 3. The van der Waals surface area contributed by atoms with Gasteiger partial charge in [-0.3, -0.25) is 9.59 Å². The second kappa shape index (κ2) is 13.4. The van der Waals surface area contributed by atoms with E-state index in [1.807, 2.05) is 6.92 Å². The van der Waals surface area contributed by atoms with Gasteiger partial charge in [0.25, 0.3) is 0 Å². The molecule has 11 nitrogen and oxygen atoms in total. The van der Waals surface area contributed by atoms with Crippen molar-refractivity contribution in [2.24, 2.45) is 11.8 Å². The number of hydrogen-bond acceptors (Lipinski definition) is 10. The monoisotopic (exact) mass is 661 g/mol. The number of aliphatic hydroxyl groups excluding tert-OH is 2. The molecule has 11 heteroatoms. The first kappa shape index (κ1) is 34.0. The molecule has 0 aromatic heterocycles. The minimum Gasteiger partial charge on any atom is -0.391 e. The van der Waals surface area contributed by atoms with Crippen LogP contribution in [0, 0.1) is 11.8 Å². The number of ketones is 1. The molecule has 7 heterocycles. The van der Waals surface area contributed by atoms with Gasteiger partial charge in [0, 0.05) is 51.0 Å². The van der Waals surface area contributed by atoms with Crippen molar-refractivity contribution in [3.8, 4) is 0 Å². The summed E-state index contributed by atoms with van der Waals surface area (Å²) in [7, 11) is 0. The number of fused-ring (bicyclic) bond motifs is 1. The van der Waals surface area contributed by atoms with E-state index in [1.54, 1.807) is 6.92 Å². The van der Waals surface area contributed by atoms with Crippen molar-refractivity contribution in [2.45, 2.75) is 183 Å². The Kier molecular flexibility index (Phi) is 9.67. The van der Waals surface area contributed by atoms with Crippen molar-refractivity contribution in [1.82, 2.24) is 5.32 Å². The first-order chi connectivity index (χ1) is 22.5. The van der Waals surface area contributed by atoms with Crippen LogP contribution in [-0.2, 0) is 38.0 Å². The van der Waals surface area contributed by atoms with Gasteiger partial charge < -0.3 is 44.0 Å². The third-order valence-electron chi connectivity index (χ3n) is 12.1. The Morgan fingerprint density at radius 1 is 1.02 bits per heavy atom. The second-order valence-corrected chi connectivity index (χ2v) is 15.5. The van der Waals surface area contributed by atoms with Gasteiger partial charge in [0.2, 0.25) is 5.91 Å². The Morgan fingerprint density at radius 3 is 2.60 bits per heavy atom. The largest absolute Gasteiger partial charge is 0.391 e. The Labute approximate surface area is 278 Å². The highest BCUT2D eigenvalue weighted by Gasteiger charge is 2.80. The maximum Gasteiger partial charge on any atom is 0.219 e. The number of nitrogens with one attached hydrogen (secondary N) is 1. The molecule has 7 saturated heterocycles. The van der Waals surface area contributed by atoms with Crippen molar-refractivity contribution >= 4 is 11.7 Å². The first-order valence-electron chi connectivity index (χ1n) is 18.3. The van der Waals surface area contributed by atoms with E-state index in [1.165, 1.54) is 0 Å². The number of carbonyl (C=O) groups is 2. The summed E-state index contributed by atoms with van der Waals surface area (Å²) in [6.45, 7) is 10.3. The lowest BCUT2D eigenvalue weighted by Crippen LogP contribution is -2.54. The van der Waals surface area contributed by atoms with Gasteiger partial charge in [-0.05, 0) is 63.4 Å². The first-order valence-corrected chi connectivity index (χ1v) is 18.3. The molecule has 47 heavy (non-hydrogen) atoms. The third-order valence-corrected chi connectivity index (χ3v) is 12.1. The summed E-state index contributed by atoms with van der Waals surface area (Å²) in [6, 6.07) is 0. The average Bonchev–Trinajstić information content (AvgIpc) is 3.18. The molecular formula is C36H55NO10. The molecule has 15 atom stereocenters. The van der Waals surface area contributed by atoms with Gasteiger partial charge in [-0.25, -0.2) is 0 Å². The van der Waals surface area contributed by atoms with E-state index in [0.29, 0.717) is 51.4 Å². The van der Waals surface area contributed by atoms with Crippen LogP contribution in [0.25, 0.3) is 0 Å². The molecule has 3 unspecified atom stereocenters. The fourth-order valence-electron chi connectivity index (χ4n) is 9.54. The molecule has 1 saturated carbocycles. The van der Waals surface area contributed by atoms with Crippen LogP contribution in [0.3, 0.4) is 0 Å². The average molecular weight is 662 g/mol. The SMILES string of the molecule is C=C1C[C@H](CC[C@]23CC4OC(C5C[C@]45O2)[C@H]([C@H]2O[C@@H](CC(=O)C[C@@H]4C[C@@H](C[C@H](O)CNC(=O)CC)O[C@H]4C)CC[C@@H]2O)O3)O[C@H]1CC. The van der Waals surface area contributed by atoms with Crippen molar-refractivity contribution in [3.05, 3.63) is 12.2 Å². The Bertz CT molecular complexity index is 1200. The summed E-state index contributed by atoms with van der Waals surface area (Å²) in [5, 5.41) is 24.3. The van der Waals surface area contributed by atoms with Crippen LogP contribution in [0.2, 0.25) is 0 Å². The number of aliphatic hydroxyl groups is 2. The summed E-state index contributed by atoms with van der Waals surface area (Å²) >= 11 is 0. The van der Waals surface area contributed by atoms with Gasteiger partial charge in [-0.1, -0.05) is 20.4 Å². The minimum atomic E-state index is -0.791. The zero-order chi connectivity index (χ0) is 33.1. The van der Waals surface area contributed by atoms with E-state index in [9.17, 15) is 19.8 Å². The van der Waals surface area contributed by atoms with E-state index in [2.05, 4.69) is 18.8 Å². The van der Waals surface area contributed by atoms with Crippen LogP contribution in [-0.4, -0.2) is 107 Å². The van der Waals surface area contributed by atoms with Crippen LogP contribution >= 0.6 is 0 Å². The van der Waals surface area contributed by atoms with Gasteiger partial charge in [0.05, 0.1) is 54.9 Å². The van der Waals surface area contributed by atoms with Crippen molar-refractivity contribution < 1.29 is 48.2 Å². The number of carbonyl (C=O) groups excluding carboxylic acids is 2. The number of Topliss-reactive ketones (excluding diaryl/α,β-unsaturated/α-hetero) is 1. The molecule has 1 aliphatic carbocycles. The Morgan fingerprint density at radius 2 is 1.85 bits per heavy atom. The van der Waals surface area contributed by atoms with E-state index in [-0.39, 0.29) is 84.8 Å². The van der Waals surface area contributed by atoms with Crippen LogP contribution in [0.5, 0.6) is 0 Å². The number of amides is 1. The topological polar surface area (TPSA) is 142 Å². The maximum absolute atomic E-state index is 13.4. The predicted molar refractivity (Wildman–Crippen MR) is 169 cm³/mol. The summed E-state index contributed by atoms with van der Waals surface area (Å²) in [5.41, 5.74) is 0.881. The zero-order valence-electron chi connectivity index (χ0n) is 28.3. The summed E-state index contributed by atoms with van der Waals surface area (Å²) in [5.74, 6) is -0.462. The van der Waals surface area contributed by atoms with Crippen LogP contribution in [0.1, 0.15) is 104 Å². The molecule has 1 spiro atoms. The predicted octanol–water partition coefficient (Wildman–Crippen LogP) is 3.26. The molecular weight excluding hydrogens is 606 g/mol. The van der Waals surface area contributed by atoms with E-state index in [0.717, 1.165) is 31.3 Å². The molecule has 1 amide bonds. The standard InChI is InChI=1S/C36H55NO10/c1-5-29-19(3)11-25(43-29)9-10-35-17-30-36(47-35)16-27(36)32(45-30)34(46-35)33-28(40)8-7-24(44-33)14-22(38)12-21-13-26(42-20(21)4)15-23(39)18-37-31(41)6-2/h20-21,23-30,32-34,39-40H,3,5-18H2,1-2,4H3,(H,37,41)/t20-,21+,23-,24+,25-,26-,27?,28-,29-,30?,32?,33-,34+,35+,36+/m0/s1. The summed E-state index contributed by atoms with van der Waals surface area (Å²) in [4.78, 5) is 24.9. The number of rotatable bonds is 14. The highest BCUT2D eigenvalue weighted by atomic mass is 16.8. The highest BCUT2D eigenvalue weighted by Crippen LogP contribution is 2.69. The lowest BCUT2D eigenvalue weighted by atomic mass is 9.88. The van der Waals surface area contributed by atoms with Crippen LogP contribution < -0.4 is 5.32 Å². The summed E-state index contributed by atoms with van der Waals surface area (Å²) < 4.78 is 39.2. The van der Waals surface area contributed by atoms with Gasteiger partial charge in [0.1, 0.15) is 23.6 Å². The van der Waals surface area contributed by atoms with Gasteiger partial charge in [0.15, 0.2) is 5.79 Å². The van der Waals surface area contributed by atoms with Gasteiger partial charge in [-0.15, -0.1) is 0 Å². The Hall–Kier alpha value is -1.44. The zero-order valence-corrected chi connectivity index (χ0v) is 28.3. The van der Waals surface area contributed by atoms with E-state index < -0.39 is 30.2 Å². The lowest BCUT2D eigenvalue weighted by Gasteiger charge is -2.42. The number of ether oxygens (including phenoxy) is 6. The molecule has 7 aliphatic heterocycles. The fraction of sp³-hybridized carbons (Fsp3) is 0.889. The Balaban J connectivity index is 0.937. The van der Waals surface area contributed by atoms with E-state index in [4.69, 9.17) is 28.4 Å². The van der Waals surface area contributed by atoms with Crippen molar-refractivity contribution in [3.63, 3.8) is 0 Å². The highest BCUT2D eigenvalue weighted by molar-refractivity contribution is 5.79. The fourth-order valence-corrected chi connectivity index (χ4v) is 9.54. The quantitative estimate of drug-likeness (QED) is 0.238. The van der Waals surface area contributed by atoms with Gasteiger partial charge >= 0.3 is 0 Å². The van der Waals surface area contributed by atoms with Crippen molar-refractivity contribution in [2.75, 3.05) is 6.54 Å². The maximum atomic E-state index is 13.4. The lowest BCUT2D eigenvalue weighted by molar-refractivity contribution is -0.296. The van der Waals surface area contributed by atoms with Crippen molar-refractivity contribution in [1.29, 1.82) is 0 Å². The molecule has 264 valence electrons. The van der Waals surface area contributed by atoms with Gasteiger partial charge in [-0.2, -0.15) is 0 Å². The normalized spacial score (nSPS) is 47.2. The molecule has 8 fully saturated rings. The molecule has 8 rings (SSSR count). The molecule has 3 N–H and O–H groups in total.